The molecule has 0 radical (unpaired) electrons. The van der Waals surface area contributed by atoms with E-state index in [4.69, 9.17) is 16.3 Å². The van der Waals surface area contributed by atoms with Crippen molar-refractivity contribution >= 4 is 17.6 Å². The maximum absolute atomic E-state index is 11.5. The van der Waals surface area contributed by atoms with Crippen molar-refractivity contribution < 1.29 is 19.1 Å². The van der Waals surface area contributed by atoms with Crippen LogP contribution in [0.5, 0.6) is 0 Å². The molecule has 19 heavy (non-hydrogen) atoms. The predicted octanol–water partition coefficient (Wildman–Crippen LogP) is 0.630. The molecule has 0 aliphatic heterocycles. The van der Waals surface area contributed by atoms with Crippen LogP contribution < -0.4 is 5.73 Å². The lowest BCUT2D eigenvalue weighted by atomic mass is 10.1. The Morgan fingerprint density at radius 1 is 1.11 bits per heavy atom. The van der Waals surface area contributed by atoms with Gasteiger partial charge in [0.05, 0.1) is 11.1 Å². The van der Waals surface area contributed by atoms with Crippen molar-refractivity contribution in [1.82, 2.24) is 0 Å². The molecule has 0 bridgehead atoms. The number of nitrogens with two attached hydrogens (primary N) is 1. The zero-order valence-electron chi connectivity index (χ0n) is 9.75. The number of hydrogen-bond donors (Lipinski definition) is 1. The first kappa shape index (κ1) is 14.0. The number of esters is 2. The van der Waals surface area contributed by atoms with E-state index in [9.17, 15) is 9.59 Å². The van der Waals surface area contributed by atoms with Crippen molar-refractivity contribution in [3.63, 3.8) is 0 Å². The third-order valence-electron chi connectivity index (χ3n) is 2.04. The van der Waals surface area contributed by atoms with Gasteiger partial charge < -0.3 is 15.2 Å². The fourth-order valence-electron chi connectivity index (χ4n) is 1.23. The summed E-state index contributed by atoms with van der Waals surface area (Å²) in [5.41, 5.74) is 5.79. The molecule has 1 aromatic rings. The van der Waals surface area contributed by atoms with E-state index in [0.717, 1.165) is 0 Å². The highest BCUT2D eigenvalue weighted by Crippen LogP contribution is 2.16. The number of rotatable bonds is 4. The summed E-state index contributed by atoms with van der Waals surface area (Å²) in [7, 11) is 0. The fourth-order valence-corrected chi connectivity index (χ4v) is 1.23. The van der Waals surface area contributed by atoms with Crippen LogP contribution in [0, 0.1) is 22.7 Å². The highest BCUT2D eigenvalue weighted by molar-refractivity contribution is 5.98. The number of carbonyl (C=O) groups excluding carboxylic acids is 2. The standard InChI is InChI=1S/C12H9N3O4/c13-3-5-18-11(16)8-1-2-9(10(15)7-8)12(17)19-6-4-14/h1-2,7H,5-6,15H2. The third-order valence-corrected chi connectivity index (χ3v) is 2.04. The number of hydrogen-bond acceptors (Lipinski definition) is 7. The second-order valence-electron chi connectivity index (χ2n) is 3.27. The highest BCUT2D eigenvalue weighted by atomic mass is 16.5. The van der Waals surface area contributed by atoms with Crippen molar-refractivity contribution in [3.8, 4) is 12.1 Å². The van der Waals surface area contributed by atoms with Gasteiger partial charge in [0, 0.05) is 5.69 Å². The Balaban J connectivity index is 2.86. The van der Waals surface area contributed by atoms with Crippen LogP contribution in [-0.4, -0.2) is 25.2 Å². The van der Waals surface area contributed by atoms with Crippen LogP contribution in [0.4, 0.5) is 5.69 Å². The molecule has 0 saturated carbocycles. The number of nitrogen functional groups attached to an aromatic ring is 1. The molecule has 1 aromatic carbocycles. The van der Waals surface area contributed by atoms with Gasteiger partial charge in [-0.3, -0.25) is 0 Å². The largest absolute Gasteiger partial charge is 0.447 e. The molecule has 0 saturated heterocycles. The van der Waals surface area contributed by atoms with Gasteiger partial charge in [0.2, 0.25) is 0 Å². The Labute approximate surface area is 108 Å². The summed E-state index contributed by atoms with van der Waals surface area (Å²) < 4.78 is 9.17. The van der Waals surface area contributed by atoms with Gasteiger partial charge in [0.15, 0.2) is 13.2 Å². The van der Waals surface area contributed by atoms with Crippen molar-refractivity contribution in [3.05, 3.63) is 29.3 Å². The summed E-state index contributed by atoms with van der Waals surface area (Å²) in [5.74, 6) is -1.47. The summed E-state index contributed by atoms with van der Waals surface area (Å²) in [6, 6.07) is 7.16. The normalized spacial score (nSPS) is 8.95. The summed E-state index contributed by atoms with van der Waals surface area (Å²) in [4.78, 5) is 22.9. The molecule has 7 heteroatoms. The molecule has 96 valence electrons. The number of carbonyl (C=O) groups is 2. The van der Waals surface area contributed by atoms with E-state index in [2.05, 4.69) is 9.47 Å². The number of ether oxygens (including phenoxy) is 2. The second-order valence-corrected chi connectivity index (χ2v) is 3.27. The minimum absolute atomic E-state index is 0.0225. The number of nitrogens with zero attached hydrogens (tertiary/aromatic N) is 2. The van der Waals surface area contributed by atoms with Crippen LogP contribution in [-0.2, 0) is 9.47 Å². The zero-order chi connectivity index (χ0) is 14.3. The van der Waals surface area contributed by atoms with Crippen LogP contribution in [0.2, 0.25) is 0 Å². The molecule has 0 aliphatic rings. The van der Waals surface area contributed by atoms with Gasteiger partial charge in [0.25, 0.3) is 0 Å². The second kappa shape index (κ2) is 6.62. The maximum atomic E-state index is 11.5. The van der Waals surface area contributed by atoms with Crippen LogP contribution in [0.15, 0.2) is 18.2 Å². The zero-order valence-corrected chi connectivity index (χ0v) is 9.75. The Morgan fingerprint density at radius 2 is 1.68 bits per heavy atom. The van der Waals surface area contributed by atoms with Crippen LogP contribution in [0.25, 0.3) is 0 Å². The van der Waals surface area contributed by atoms with Crippen LogP contribution in [0.1, 0.15) is 20.7 Å². The molecule has 0 atom stereocenters. The lowest BCUT2D eigenvalue weighted by Gasteiger charge is -2.06. The minimum atomic E-state index is -0.754. The van der Waals surface area contributed by atoms with Gasteiger partial charge in [0.1, 0.15) is 12.1 Å². The minimum Gasteiger partial charge on any atom is -0.447 e. The number of benzene rings is 1. The quantitative estimate of drug-likeness (QED) is 0.620. The van der Waals surface area contributed by atoms with Crippen molar-refractivity contribution in [1.29, 1.82) is 10.5 Å². The Bertz CT molecular complexity index is 584. The van der Waals surface area contributed by atoms with Crippen LogP contribution in [0.3, 0.4) is 0 Å². The fraction of sp³-hybridized carbons (Fsp3) is 0.167. The summed E-state index contributed by atoms with van der Waals surface area (Å²) in [6.07, 6.45) is 0. The van der Waals surface area contributed by atoms with E-state index in [1.165, 1.54) is 18.2 Å². The molecule has 0 fully saturated rings. The lowest BCUT2D eigenvalue weighted by molar-refractivity contribution is 0.0541. The third kappa shape index (κ3) is 3.72. The lowest BCUT2D eigenvalue weighted by Crippen LogP contribution is -2.11. The average Bonchev–Trinajstić information content (AvgIpc) is 2.41. The van der Waals surface area contributed by atoms with E-state index >= 15 is 0 Å². The number of nitriles is 2. The predicted molar refractivity (Wildman–Crippen MR) is 62.6 cm³/mol. The van der Waals surface area contributed by atoms with Crippen molar-refractivity contribution in [2.75, 3.05) is 18.9 Å². The first-order valence-electron chi connectivity index (χ1n) is 5.07. The first-order chi connectivity index (χ1) is 9.10. The molecule has 0 amide bonds. The van der Waals surface area contributed by atoms with E-state index in [1.54, 1.807) is 12.1 Å². The molecule has 0 heterocycles. The summed E-state index contributed by atoms with van der Waals surface area (Å²) in [6.45, 7) is -0.755. The maximum Gasteiger partial charge on any atom is 0.341 e. The SMILES string of the molecule is N#CCOC(=O)c1ccc(C(=O)OCC#N)c(N)c1. The molecule has 0 unspecified atom stereocenters. The van der Waals surface area contributed by atoms with Gasteiger partial charge in [-0.05, 0) is 18.2 Å². The number of anilines is 1. The van der Waals surface area contributed by atoms with Gasteiger partial charge in [-0.2, -0.15) is 10.5 Å². The monoisotopic (exact) mass is 259 g/mol. The molecular weight excluding hydrogens is 250 g/mol. The van der Waals surface area contributed by atoms with E-state index in [1.807, 2.05) is 0 Å². The Hall–Kier alpha value is -3.06. The summed E-state index contributed by atoms with van der Waals surface area (Å²) >= 11 is 0. The molecule has 0 aliphatic carbocycles. The van der Waals surface area contributed by atoms with Gasteiger partial charge in [-0.15, -0.1) is 0 Å². The molecule has 7 nitrogen and oxygen atoms in total. The summed E-state index contributed by atoms with van der Waals surface area (Å²) in [5, 5.41) is 16.6. The molecule has 0 aromatic heterocycles. The highest BCUT2D eigenvalue weighted by Gasteiger charge is 2.14. The molecule has 2 N–H and O–H groups in total. The van der Waals surface area contributed by atoms with Gasteiger partial charge in [-0.1, -0.05) is 0 Å². The van der Waals surface area contributed by atoms with E-state index in [-0.39, 0.29) is 30.0 Å². The van der Waals surface area contributed by atoms with Crippen molar-refractivity contribution in [2.24, 2.45) is 0 Å². The Kier molecular flexibility index (Phi) is 4.88. The topological polar surface area (TPSA) is 126 Å². The van der Waals surface area contributed by atoms with Crippen LogP contribution >= 0.6 is 0 Å². The van der Waals surface area contributed by atoms with E-state index in [0.29, 0.717) is 0 Å². The molecule has 0 spiro atoms. The Morgan fingerprint density at radius 3 is 2.21 bits per heavy atom. The van der Waals surface area contributed by atoms with Gasteiger partial charge >= 0.3 is 11.9 Å². The first-order valence-corrected chi connectivity index (χ1v) is 5.07. The molecule has 1 rings (SSSR count). The average molecular weight is 259 g/mol. The smallest absolute Gasteiger partial charge is 0.341 e. The van der Waals surface area contributed by atoms with Crippen molar-refractivity contribution in [2.45, 2.75) is 0 Å². The van der Waals surface area contributed by atoms with E-state index < -0.39 is 11.9 Å². The molecular formula is C12H9N3O4. The van der Waals surface area contributed by atoms with Gasteiger partial charge in [-0.25, -0.2) is 9.59 Å².